The molecular formula is C59H32N6O3. The Bertz CT molecular complexity index is 4420. The number of para-hydroxylation sites is 6. The second kappa shape index (κ2) is 13.7. The van der Waals surface area contributed by atoms with Gasteiger partial charge in [0, 0.05) is 44.7 Å². The molecule has 0 N–H and O–H groups in total. The molecular weight excluding hydrogens is 841 g/mol. The van der Waals surface area contributed by atoms with E-state index in [2.05, 4.69) is 86.5 Å². The van der Waals surface area contributed by atoms with Crippen LogP contribution in [0.5, 0.6) is 0 Å². The first-order valence-corrected chi connectivity index (χ1v) is 22.5. The van der Waals surface area contributed by atoms with Crippen molar-refractivity contribution in [1.29, 1.82) is 5.26 Å². The first-order chi connectivity index (χ1) is 33.8. The van der Waals surface area contributed by atoms with Gasteiger partial charge in [0.05, 0.1) is 72.3 Å². The maximum atomic E-state index is 12.4. The number of hydrogen-bond donors (Lipinski definition) is 0. The third-order valence-electron chi connectivity index (χ3n) is 13.6. The quantitative estimate of drug-likeness (QED) is 0.171. The molecule has 0 amide bonds. The number of benzene rings is 7. The Morgan fingerprint density at radius 1 is 0.353 bits per heavy atom. The monoisotopic (exact) mass is 872 g/mol. The molecule has 0 fully saturated rings. The molecule has 9 nitrogen and oxygen atoms in total. The molecule has 15 rings (SSSR count). The fourth-order valence-electron chi connectivity index (χ4n) is 11.0. The molecule has 0 saturated carbocycles. The van der Waals surface area contributed by atoms with E-state index >= 15 is 0 Å². The highest BCUT2D eigenvalue weighted by atomic mass is 16.4. The van der Waals surface area contributed by atoms with Gasteiger partial charge in [-0.25, -0.2) is 0 Å². The van der Waals surface area contributed by atoms with Gasteiger partial charge >= 0.3 is 0 Å². The molecule has 0 spiro atoms. The highest BCUT2D eigenvalue weighted by Gasteiger charge is 2.36. The third-order valence-corrected chi connectivity index (χ3v) is 13.6. The Labute approximate surface area is 385 Å². The van der Waals surface area contributed by atoms with Gasteiger partial charge in [-0.05, 0) is 60.7 Å². The van der Waals surface area contributed by atoms with Crippen LogP contribution in [-0.2, 0) is 0 Å². The van der Waals surface area contributed by atoms with Crippen molar-refractivity contribution in [3.8, 4) is 45.6 Å². The van der Waals surface area contributed by atoms with Crippen LogP contribution < -0.4 is 0 Å². The van der Waals surface area contributed by atoms with Crippen molar-refractivity contribution in [2.45, 2.75) is 0 Å². The molecule has 8 aromatic heterocycles. The van der Waals surface area contributed by atoms with Crippen LogP contribution in [0.15, 0.2) is 208 Å². The SMILES string of the molecule is N#Cc1c(-n2c3ccccc3c3c4ccccc4oc32)c(-c2ccccn2)c(-n2c3ccccc3c3c4ccccc4oc32)c(-c2ccccn2)c1-n1c2ccccc2c2c3ccccc3oc21. The van der Waals surface area contributed by atoms with Crippen molar-refractivity contribution in [3.05, 3.63) is 200 Å². The topological polar surface area (TPSA) is 104 Å². The minimum atomic E-state index is 0.360. The zero-order valence-electron chi connectivity index (χ0n) is 35.9. The standard InChI is InChI=1S/C59H32N6O3/c60-33-40-54(63-43-25-7-1-17-34(43)49-37-20-4-10-28-46(37)66-57(49)63)52(41-23-13-15-31-61-41)56(65-45-27-9-3-19-36(45)51-39-22-6-12-30-48(39)68-59(51)65)53(42-24-14-16-32-62-42)55(40)64-44-26-8-2-18-35(44)50-38-21-5-11-29-47(38)67-58(50)64/h1-32H. The molecule has 15 aromatic rings. The highest BCUT2D eigenvalue weighted by Crippen LogP contribution is 2.53. The normalized spacial score (nSPS) is 12.1. The van der Waals surface area contributed by atoms with Gasteiger partial charge in [-0.15, -0.1) is 0 Å². The maximum Gasteiger partial charge on any atom is 0.213 e. The Morgan fingerprint density at radius 2 is 0.676 bits per heavy atom. The highest BCUT2D eigenvalue weighted by molar-refractivity contribution is 6.24. The van der Waals surface area contributed by atoms with Gasteiger partial charge in [-0.2, -0.15) is 5.26 Å². The molecule has 0 saturated heterocycles. The first kappa shape index (κ1) is 36.7. The number of pyridine rings is 2. The van der Waals surface area contributed by atoms with E-state index < -0.39 is 0 Å². The summed E-state index contributed by atoms with van der Waals surface area (Å²) in [6.07, 6.45) is 3.60. The lowest BCUT2D eigenvalue weighted by Gasteiger charge is -2.26. The summed E-state index contributed by atoms with van der Waals surface area (Å²) in [6, 6.07) is 64.1. The number of aromatic nitrogens is 5. The second-order valence-corrected chi connectivity index (χ2v) is 17.1. The summed E-state index contributed by atoms with van der Waals surface area (Å²) < 4.78 is 27.6. The Balaban J connectivity index is 1.29. The average molecular weight is 873 g/mol. The van der Waals surface area contributed by atoms with E-state index in [9.17, 15) is 5.26 Å². The Hall–Kier alpha value is -9.65. The van der Waals surface area contributed by atoms with Gasteiger partial charge in [-0.1, -0.05) is 121 Å². The fourth-order valence-corrected chi connectivity index (χ4v) is 11.0. The van der Waals surface area contributed by atoms with Crippen LogP contribution in [0.2, 0.25) is 0 Å². The van der Waals surface area contributed by atoms with E-state index in [1.54, 1.807) is 12.4 Å². The zero-order valence-corrected chi connectivity index (χ0v) is 35.9. The number of hydrogen-bond acceptors (Lipinski definition) is 6. The lowest BCUT2D eigenvalue weighted by atomic mass is 9.91. The minimum absolute atomic E-state index is 0.360. The molecule has 0 unspecified atom stereocenters. The average Bonchev–Trinajstić information content (AvgIpc) is 4.24. The lowest BCUT2D eigenvalue weighted by Crippen LogP contribution is -2.14. The summed E-state index contributed by atoms with van der Waals surface area (Å²) in [5.41, 5.74) is 11.5. The predicted octanol–water partition coefficient (Wildman–Crippen LogP) is 15.2. The Kier molecular flexibility index (Phi) is 7.38. The van der Waals surface area contributed by atoms with Crippen LogP contribution >= 0.6 is 0 Å². The molecule has 68 heavy (non-hydrogen) atoms. The van der Waals surface area contributed by atoms with Crippen LogP contribution in [0.3, 0.4) is 0 Å². The van der Waals surface area contributed by atoms with Gasteiger partial charge < -0.3 is 13.3 Å². The molecule has 0 atom stereocenters. The van der Waals surface area contributed by atoms with Crippen molar-refractivity contribution in [1.82, 2.24) is 23.7 Å². The van der Waals surface area contributed by atoms with Crippen LogP contribution in [0.25, 0.3) is 138 Å². The van der Waals surface area contributed by atoms with E-state index in [1.165, 1.54) is 0 Å². The molecule has 9 heteroatoms. The van der Waals surface area contributed by atoms with Crippen molar-refractivity contribution in [2.24, 2.45) is 0 Å². The van der Waals surface area contributed by atoms with Crippen molar-refractivity contribution in [2.75, 3.05) is 0 Å². The van der Waals surface area contributed by atoms with E-state index in [4.69, 9.17) is 23.2 Å². The van der Waals surface area contributed by atoms with Gasteiger partial charge in [0.1, 0.15) is 28.4 Å². The van der Waals surface area contributed by atoms with E-state index in [1.807, 2.05) is 115 Å². The largest absolute Gasteiger partial charge is 0.439 e. The molecule has 316 valence electrons. The number of rotatable bonds is 5. The smallest absolute Gasteiger partial charge is 0.213 e. The molecule has 0 aliphatic rings. The summed E-state index contributed by atoms with van der Waals surface area (Å²) in [6.45, 7) is 0. The maximum absolute atomic E-state index is 12.4. The van der Waals surface area contributed by atoms with Gasteiger partial charge in [-0.3, -0.25) is 23.7 Å². The van der Waals surface area contributed by atoms with E-state index in [0.29, 0.717) is 62.3 Å². The van der Waals surface area contributed by atoms with Crippen LogP contribution in [0, 0.1) is 11.3 Å². The van der Waals surface area contributed by atoms with Crippen molar-refractivity contribution >= 4 is 98.9 Å². The van der Waals surface area contributed by atoms with Gasteiger partial charge in [0.2, 0.25) is 17.1 Å². The number of furan rings is 3. The molecule has 0 aliphatic heterocycles. The zero-order chi connectivity index (χ0) is 44.6. The summed E-state index contributed by atoms with van der Waals surface area (Å²) in [5, 5.41) is 21.1. The molecule has 0 bridgehead atoms. The molecule has 8 heterocycles. The van der Waals surface area contributed by atoms with Crippen LogP contribution in [-0.4, -0.2) is 23.7 Å². The number of nitrogens with zero attached hydrogens (tertiary/aromatic N) is 6. The summed E-state index contributed by atoms with van der Waals surface area (Å²) in [4.78, 5) is 10.4. The van der Waals surface area contributed by atoms with E-state index in [-0.39, 0.29) is 0 Å². The summed E-state index contributed by atoms with van der Waals surface area (Å²) >= 11 is 0. The Morgan fingerprint density at radius 3 is 1.03 bits per heavy atom. The first-order valence-electron chi connectivity index (χ1n) is 22.5. The van der Waals surface area contributed by atoms with Gasteiger partial charge in [0.25, 0.3) is 0 Å². The van der Waals surface area contributed by atoms with Crippen molar-refractivity contribution in [3.63, 3.8) is 0 Å². The summed E-state index contributed by atoms with van der Waals surface area (Å²) in [5.74, 6) is 0. The third kappa shape index (κ3) is 4.76. The second-order valence-electron chi connectivity index (χ2n) is 17.1. The molecule has 7 aromatic carbocycles. The molecule has 0 radical (unpaired) electrons. The summed E-state index contributed by atoms with van der Waals surface area (Å²) in [7, 11) is 0. The van der Waals surface area contributed by atoms with E-state index in [0.717, 1.165) is 81.8 Å². The number of nitriles is 1. The van der Waals surface area contributed by atoms with Gasteiger partial charge in [0.15, 0.2) is 0 Å². The molecule has 0 aliphatic carbocycles. The minimum Gasteiger partial charge on any atom is -0.439 e. The lowest BCUT2D eigenvalue weighted by molar-refractivity contribution is 0.643. The van der Waals surface area contributed by atoms with Crippen LogP contribution in [0.1, 0.15) is 5.56 Å². The van der Waals surface area contributed by atoms with Crippen molar-refractivity contribution < 1.29 is 13.3 Å². The van der Waals surface area contributed by atoms with Crippen LogP contribution in [0.4, 0.5) is 0 Å². The fraction of sp³-hybridized carbons (Fsp3) is 0. The number of fused-ring (bicyclic) bond motifs is 15. The predicted molar refractivity (Wildman–Crippen MR) is 270 cm³/mol.